The van der Waals surface area contributed by atoms with Crippen LogP contribution in [-0.2, 0) is 21.7 Å². The van der Waals surface area contributed by atoms with Gasteiger partial charge >= 0.3 is 0 Å². The Hall–Kier alpha value is -2.70. The first-order chi connectivity index (χ1) is 17.6. The molecule has 2 aromatic rings. The number of benzene rings is 2. The van der Waals surface area contributed by atoms with Crippen molar-refractivity contribution in [2.75, 3.05) is 13.1 Å². The van der Waals surface area contributed by atoms with E-state index in [2.05, 4.69) is 41.5 Å². The summed E-state index contributed by atoms with van der Waals surface area (Å²) in [5, 5.41) is 20.2. The van der Waals surface area contributed by atoms with E-state index in [1.54, 1.807) is 12.1 Å². The number of phenolic OH excluding ortho intramolecular Hbond substituents is 2. The van der Waals surface area contributed by atoms with Crippen LogP contribution < -0.4 is 11.5 Å². The summed E-state index contributed by atoms with van der Waals surface area (Å²) in [6.45, 7) is 26.2. The number of carbonyl (C=O) groups is 2. The Bertz CT molecular complexity index is 1010. The number of phenols is 2. The summed E-state index contributed by atoms with van der Waals surface area (Å²) in [5.74, 6) is 0.223. The van der Waals surface area contributed by atoms with Crippen molar-refractivity contribution in [3.8, 4) is 11.5 Å². The average molecular weight is 543 g/mol. The van der Waals surface area contributed by atoms with E-state index in [-0.39, 0.29) is 33.2 Å². The molecule has 0 saturated carbocycles. The highest BCUT2D eigenvalue weighted by molar-refractivity contribution is 5.81. The molecule has 2 aromatic carbocycles. The minimum Gasteiger partial charge on any atom is -0.507 e. The molecule has 220 valence electrons. The predicted octanol–water partition coefficient (Wildman–Crippen LogP) is 6.89. The number of aromatic hydroxyl groups is 2. The Labute approximate surface area is 237 Å². The number of hydrogen-bond acceptors (Lipinski definition) is 6. The van der Waals surface area contributed by atoms with Gasteiger partial charge in [-0.05, 0) is 64.4 Å². The fourth-order valence-corrected chi connectivity index (χ4v) is 3.62. The van der Waals surface area contributed by atoms with Crippen LogP contribution >= 0.6 is 0 Å². The maximum absolute atomic E-state index is 11.0. The maximum atomic E-state index is 11.0. The second kappa shape index (κ2) is 14.1. The molecule has 0 atom stereocenters. The first-order valence-electron chi connectivity index (χ1n) is 13.6. The third-order valence-corrected chi connectivity index (χ3v) is 6.29. The fraction of sp³-hybridized carbons (Fsp3) is 0.576. The van der Waals surface area contributed by atoms with Crippen molar-refractivity contribution in [3.05, 3.63) is 57.6 Å². The van der Waals surface area contributed by atoms with Gasteiger partial charge in [0.2, 0.25) is 0 Å². The molecule has 0 heterocycles. The SMILES string of the molecule is CC(C)(C)c1cc(C=O)c(O)c(C(C)(C)C)c1.CC(C)(C)c1cc(C=O)c(O)c(C(C)(C)C)c1.NCCCN. The van der Waals surface area contributed by atoms with E-state index >= 15 is 0 Å². The van der Waals surface area contributed by atoms with Crippen molar-refractivity contribution in [2.24, 2.45) is 11.5 Å². The highest BCUT2D eigenvalue weighted by Crippen LogP contribution is 2.38. The van der Waals surface area contributed by atoms with Crippen LogP contribution in [0.15, 0.2) is 24.3 Å². The molecule has 0 aliphatic rings. The highest BCUT2D eigenvalue weighted by atomic mass is 16.3. The molecule has 0 unspecified atom stereocenters. The second-order valence-corrected chi connectivity index (χ2v) is 14.1. The molecular weight excluding hydrogens is 488 g/mol. The molecule has 2 rings (SSSR count). The molecule has 0 aliphatic carbocycles. The number of carbonyl (C=O) groups excluding carboxylic acids is 2. The molecule has 6 nitrogen and oxygen atoms in total. The van der Waals surface area contributed by atoms with Gasteiger partial charge in [0.25, 0.3) is 0 Å². The molecule has 0 aliphatic heterocycles. The number of hydrogen-bond donors (Lipinski definition) is 4. The molecule has 39 heavy (non-hydrogen) atoms. The van der Waals surface area contributed by atoms with Gasteiger partial charge < -0.3 is 21.7 Å². The summed E-state index contributed by atoms with van der Waals surface area (Å²) in [5.41, 5.74) is 14.2. The second-order valence-electron chi connectivity index (χ2n) is 14.1. The molecule has 6 heteroatoms. The molecule has 6 N–H and O–H groups in total. The fourth-order valence-electron chi connectivity index (χ4n) is 3.62. The minimum absolute atomic E-state index is 0.0362. The van der Waals surface area contributed by atoms with E-state index in [4.69, 9.17) is 11.5 Å². The van der Waals surface area contributed by atoms with Gasteiger partial charge in [0.15, 0.2) is 12.6 Å². The van der Waals surface area contributed by atoms with Crippen LogP contribution in [-0.4, -0.2) is 35.9 Å². The Morgan fingerprint density at radius 1 is 0.564 bits per heavy atom. The molecule has 0 amide bonds. The normalized spacial score (nSPS) is 12.1. The van der Waals surface area contributed by atoms with E-state index < -0.39 is 0 Å². The Kier molecular flexibility index (Phi) is 13.1. The third-order valence-electron chi connectivity index (χ3n) is 6.29. The lowest BCUT2D eigenvalue weighted by Crippen LogP contribution is -2.17. The van der Waals surface area contributed by atoms with Gasteiger partial charge in [-0.2, -0.15) is 0 Å². The number of rotatable bonds is 4. The van der Waals surface area contributed by atoms with Crippen molar-refractivity contribution >= 4 is 12.6 Å². The summed E-state index contributed by atoms with van der Waals surface area (Å²) >= 11 is 0. The van der Waals surface area contributed by atoms with Crippen LogP contribution in [0.4, 0.5) is 0 Å². The van der Waals surface area contributed by atoms with Crippen molar-refractivity contribution < 1.29 is 19.8 Å². The molecule has 0 radical (unpaired) electrons. The lowest BCUT2D eigenvalue weighted by atomic mass is 9.79. The highest BCUT2D eigenvalue weighted by Gasteiger charge is 2.25. The molecule has 0 saturated heterocycles. The molecule has 0 spiro atoms. The zero-order valence-electron chi connectivity index (χ0n) is 26.5. The van der Waals surface area contributed by atoms with E-state index in [1.165, 1.54) is 0 Å². The van der Waals surface area contributed by atoms with Crippen LogP contribution in [0.3, 0.4) is 0 Å². The summed E-state index contributed by atoms with van der Waals surface area (Å²) < 4.78 is 0. The molecule has 0 aromatic heterocycles. The standard InChI is InChI=1S/2C15H22O2.C3H10N2/c2*1-14(2,3)11-7-10(9-16)13(17)12(8-11)15(4,5)6;4-2-1-3-5/h2*7-9,17H,1-6H3;1-5H2. The maximum Gasteiger partial charge on any atom is 0.153 e. The number of nitrogens with two attached hydrogens (primary N) is 2. The van der Waals surface area contributed by atoms with Crippen LogP contribution in [0.25, 0.3) is 0 Å². The summed E-state index contributed by atoms with van der Waals surface area (Å²) in [6, 6.07) is 7.56. The average Bonchev–Trinajstić information content (AvgIpc) is 2.77. The quantitative estimate of drug-likeness (QED) is 0.312. The number of aldehydes is 2. The van der Waals surface area contributed by atoms with Gasteiger partial charge in [0.1, 0.15) is 11.5 Å². The van der Waals surface area contributed by atoms with E-state index in [0.717, 1.165) is 54.3 Å². The van der Waals surface area contributed by atoms with Gasteiger partial charge in [-0.1, -0.05) is 95.2 Å². The van der Waals surface area contributed by atoms with Crippen LogP contribution in [0.1, 0.15) is 132 Å². The zero-order chi connectivity index (χ0) is 31.0. The lowest BCUT2D eigenvalue weighted by Gasteiger charge is -2.26. The molecule has 0 fully saturated rings. The monoisotopic (exact) mass is 542 g/mol. The van der Waals surface area contributed by atoms with E-state index in [9.17, 15) is 19.8 Å². The molecule has 0 bridgehead atoms. The summed E-state index contributed by atoms with van der Waals surface area (Å²) in [6.07, 6.45) is 2.39. The van der Waals surface area contributed by atoms with Crippen molar-refractivity contribution in [1.82, 2.24) is 0 Å². The van der Waals surface area contributed by atoms with Crippen molar-refractivity contribution in [3.63, 3.8) is 0 Å². The topological polar surface area (TPSA) is 127 Å². The minimum atomic E-state index is -0.177. The molecular formula is C33H54N2O4. The summed E-state index contributed by atoms with van der Waals surface area (Å²) in [7, 11) is 0. The Balaban J connectivity index is 0.000000632. The summed E-state index contributed by atoms with van der Waals surface area (Å²) in [4.78, 5) is 22.1. The Morgan fingerprint density at radius 2 is 0.846 bits per heavy atom. The Morgan fingerprint density at radius 3 is 1.00 bits per heavy atom. The first-order valence-corrected chi connectivity index (χ1v) is 13.6. The zero-order valence-corrected chi connectivity index (χ0v) is 26.5. The van der Waals surface area contributed by atoms with Crippen LogP contribution in [0, 0.1) is 0 Å². The first kappa shape index (κ1) is 36.3. The largest absolute Gasteiger partial charge is 0.507 e. The van der Waals surface area contributed by atoms with Gasteiger partial charge in [-0.3, -0.25) is 9.59 Å². The van der Waals surface area contributed by atoms with Gasteiger partial charge in [-0.15, -0.1) is 0 Å². The van der Waals surface area contributed by atoms with Gasteiger partial charge in [0.05, 0.1) is 11.1 Å². The van der Waals surface area contributed by atoms with Crippen LogP contribution in [0.2, 0.25) is 0 Å². The van der Waals surface area contributed by atoms with E-state index in [0.29, 0.717) is 11.1 Å². The van der Waals surface area contributed by atoms with Crippen molar-refractivity contribution in [2.45, 2.75) is 111 Å². The van der Waals surface area contributed by atoms with Crippen molar-refractivity contribution in [1.29, 1.82) is 0 Å². The van der Waals surface area contributed by atoms with Gasteiger partial charge in [0, 0.05) is 11.1 Å². The van der Waals surface area contributed by atoms with Crippen LogP contribution in [0.5, 0.6) is 11.5 Å². The van der Waals surface area contributed by atoms with Gasteiger partial charge in [-0.25, -0.2) is 0 Å². The van der Waals surface area contributed by atoms with E-state index in [1.807, 2.05) is 53.7 Å². The lowest BCUT2D eigenvalue weighted by molar-refractivity contribution is 0.111. The third kappa shape index (κ3) is 11.1. The predicted molar refractivity (Wildman–Crippen MR) is 165 cm³/mol. The smallest absolute Gasteiger partial charge is 0.153 e.